The van der Waals surface area contributed by atoms with Gasteiger partial charge in [0.1, 0.15) is 6.79 Å². The first kappa shape index (κ1) is 7.03. The summed E-state index contributed by atoms with van der Waals surface area (Å²) in [7, 11) is 0. The van der Waals surface area contributed by atoms with Gasteiger partial charge in [-0.3, -0.25) is 0 Å². The molecule has 0 aromatic rings. The van der Waals surface area contributed by atoms with Crippen LogP contribution in [0.15, 0.2) is 0 Å². The van der Waals surface area contributed by atoms with Crippen molar-refractivity contribution in [3.63, 3.8) is 0 Å². The number of hydrogen-bond donors (Lipinski definition) is 0. The zero-order chi connectivity index (χ0) is 6.36. The van der Waals surface area contributed by atoms with Crippen LogP contribution in [0.4, 0.5) is 0 Å². The van der Waals surface area contributed by atoms with E-state index in [4.69, 9.17) is 9.47 Å². The zero-order valence-electron chi connectivity index (χ0n) is 5.77. The van der Waals surface area contributed by atoms with Gasteiger partial charge in [-0.25, -0.2) is 0 Å². The predicted molar refractivity (Wildman–Crippen MR) is 35.2 cm³/mol. The third-order valence-electron chi connectivity index (χ3n) is 1.49. The van der Waals surface area contributed by atoms with Crippen molar-refractivity contribution in [2.75, 3.05) is 20.0 Å². The van der Waals surface area contributed by atoms with Gasteiger partial charge in [0.2, 0.25) is 0 Å². The Labute approximate surface area is 56.2 Å². The molecule has 0 unspecified atom stereocenters. The maximum atomic E-state index is 5.13. The largest absolute Gasteiger partial charge is 0.355 e. The molecular formula is C7H14O2. The highest BCUT2D eigenvalue weighted by molar-refractivity contribution is 4.43. The number of rotatable bonds is 0. The van der Waals surface area contributed by atoms with E-state index in [0.717, 1.165) is 13.2 Å². The average Bonchev–Trinajstić information content (AvgIpc) is 2.00. The molecule has 0 aromatic heterocycles. The summed E-state index contributed by atoms with van der Waals surface area (Å²) in [6, 6.07) is 0. The van der Waals surface area contributed by atoms with E-state index >= 15 is 0 Å². The maximum absolute atomic E-state index is 5.13. The standard InChI is InChI=1S/C7H14O2/c1-2-4-6-9-7-8-5-3-1/h1-7H2. The lowest BCUT2D eigenvalue weighted by Gasteiger charge is -1.99. The minimum absolute atomic E-state index is 0.500. The molecule has 1 rings (SSSR count). The molecule has 9 heavy (non-hydrogen) atoms. The lowest BCUT2D eigenvalue weighted by Crippen LogP contribution is -1.99. The van der Waals surface area contributed by atoms with Crippen LogP contribution in [0.1, 0.15) is 25.7 Å². The molecule has 2 heteroatoms. The summed E-state index contributed by atoms with van der Waals surface area (Å²) in [5.74, 6) is 0. The summed E-state index contributed by atoms with van der Waals surface area (Å²) in [6.45, 7) is 2.25. The Hall–Kier alpha value is -0.0800. The van der Waals surface area contributed by atoms with E-state index in [9.17, 15) is 0 Å². The quantitative estimate of drug-likeness (QED) is 0.495. The molecule has 0 amide bonds. The first-order chi connectivity index (χ1) is 4.50. The van der Waals surface area contributed by atoms with E-state index in [1.54, 1.807) is 0 Å². The van der Waals surface area contributed by atoms with Gasteiger partial charge in [0.25, 0.3) is 0 Å². The van der Waals surface area contributed by atoms with Gasteiger partial charge in [0, 0.05) is 13.2 Å². The zero-order valence-corrected chi connectivity index (χ0v) is 5.77. The van der Waals surface area contributed by atoms with Crippen LogP contribution in [0.25, 0.3) is 0 Å². The Balaban J connectivity index is 2.02. The van der Waals surface area contributed by atoms with Crippen molar-refractivity contribution < 1.29 is 9.47 Å². The summed E-state index contributed by atoms with van der Waals surface area (Å²) in [5.41, 5.74) is 0. The molecule has 0 spiro atoms. The predicted octanol–water partition coefficient (Wildman–Crippen LogP) is 1.55. The molecule has 0 bridgehead atoms. The summed E-state index contributed by atoms with van der Waals surface area (Å²) < 4.78 is 10.3. The van der Waals surface area contributed by atoms with Crippen molar-refractivity contribution in [1.29, 1.82) is 0 Å². The van der Waals surface area contributed by atoms with Crippen LogP contribution in [-0.2, 0) is 9.47 Å². The Morgan fingerprint density at radius 1 is 0.667 bits per heavy atom. The highest BCUT2D eigenvalue weighted by Crippen LogP contribution is 2.02. The van der Waals surface area contributed by atoms with Gasteiger partial charge in [-0.15, -0.1) is 0 Å². The van der Waals surface area contributed by atoms with Crippen molar-refractivity contribution >= 4 is 0 Å². The minimum atomic E-state index is 0.500. The maximum Gasteiger partial charge on any atom is 0.146 e. The van der Waals surface area contributed by atoms with E-state index in [0.29, 0.717) is 6.79 Å². The van der Waals surface area contributed by atoms with Crippen LogP contribution < -0.4 is 0 Å². The molecule has 54 valence electrons. The Bertz CT molecular complexity index is 35.4. The fourth-order valence-electron chi connectivity index (χ4n) is 0.939. The minimum Gasteiger partial charge on any atom is -0.355 e. The molecule has 0 aliphatic carbocycles. The Kier molecular flexibility index (Phi) is 3.72. The highest BCUT2D eigenvalue weighted by Gasteiger charge is 1.95. The Morgan fingerprint density at radius 2 is 1.22 bits per heavy atom. The number of ether oxygens (including phenoxy) is 2. The van der Waals surface area contributed by atoms with Crippen LogP contribution in [0.2, 0.25) is 0 Å². The normalized spacial score (nSPS) is 24.0. The van der Waals surface area contributed by atoms with Gasteiger partial charge in [0.05, 0.1) is 0 Å². The first-order valence-electron chi connectivity index (χ1n) is 3.65. The topological polar surface area (TPSA) is 18.5 Å². The molecule has 2 nitrogen and oxygen atoms in total. The molecule has 1 fully saturated rings. The SMILES string of the molecule is C1CCCOCOCC1. The molecule has 0 atom stereocenters. The second kappa shape index (κ2) is 4.77. The lowest BCUT2D eigenvalue weighted by molar-refractivity contribution is -0.0504. The summed E-state index contributed by atoms with van der Waals surface area (Å²) >= 11 is 0. The third kappa shape index (κ3) is 3.49. The summed E-state index contributed by atoms with van der Waals surface area (Å²) in [4.78, 5) is 0. The Morgan fingerprint density at radius 3 is 1.78 bits per heavy atom. The molecule has 0 saturated carbocycles. The molecule has 1 saturated heterocycles. The van der Waals surface area contributed by atoms with Crippen molar-refractivity contribution in [3.8, 4) is 0 Å². The molecule has 1 aliphatic rings. The van der Waals surface area contributed by atoms with E-state index in [1.165, 1.54) is 25.7 Å². The molecule has 0 N–H and O–H groups in total. The second-order valence-electron chi connectivity index (χ2n) is 2.35. The molecule has 0 aromatic carbocycles. The van der Waals surface area contributed by atoms with E-state index in [2.05, 4.69) is 0 Å². The van der Waals surface area contributed by atoms with Crippen molar-refractivity contribution in [1.82, 2.24) is 0 Å². The first-order valence-corrected chi connectivity index (χ1v) is 3.65. The van der Waals surface area contributed by atoms with E-state index < -0.39 is 0 Å². The molecule has 1 aliphatic heterocycles. The van der Waals surface area contributed by atoms with Crippen LogP contribution in [0.5, 0.6) is 0 Å². The van der Waals surface area contributed by atoms with Crippen LogP contribution >= 0.6 is 0 Å². The summed E-state index contributed by atoms with van der Waals surface area (Å²) in [5, 5.41) is 0. The van der Waals surface area contributed by atoms with Gasteiger partial charge in [-0.1, -0.05) is 12.8 Å². The molecule has 1 heterocycles. The van der Waals surface area contributed by atoms with E-state index in [-0.39, 0.29) is 0 Å². The average molecular weight is 130 g/mol. The highest BCUT2D eigenvalue weighted by atomic mass is 16.7. The van der Waals surface area contributed by atoms with Crippen molar-refractivity contribution in [2.45, 2.75) is 25.7 Å². The third-order valence-corrected chi connectivity index (χ3v) is 1.49. The van der Waals surface area contributed by atoms with Gasteiger partial charge < -0.3 is 9.47 Å². The fraction of sp³-hybridized carbons (Fsp3) is 1.00. The van der Waals surface area contributed by atoms with Gasteiger partial charge in [0.15, 0.2) is 0 Å². The monoisotopic (exact) mass is 130 g/mol. The van der Waals surface area contributed by atoms with Crippen molar-refractivity contribution in [3.05, 3.63) is 0 Å². The van der Waals surface area contributed by atoms with E-state index in [1.807, 2.05) is 0 Å². The molecular weight excluding hydrogens is 116 g/mol. The fourth-order valence-corrected chi connectivity index (χ4v) is 0.939. The van der Waals surface area contributed by atoms with Crippen LogP contribution in [0.3, 0.4) is 0 Å². The van der Waals surface area contributed by atoms with Gasteiger partial charge in [-0.2, -0.15) is 0 Å². The lowest BCUT2D eigenvalue weighted by atomic mass is 10.2. The smallest absolute Gasteiger partial charge is 0.146 e. The second-order valence-corrected chi connectivity index (χ2v) is 2.35. The van der Waals surface area contributed by atoms with Crippen molar-refractivity contribution in [2.24, 2.45) is 0 Å². The molecule has 0 radical (unpaired) electrons. The number of hydrogen-bond acceptors (Lipinski definition) is 2. The van der Waals surface area contributed by atoms with Gasteiger partial charge in [-0.05, 0) is 12.8 Å². The van der Waals surface area contributed by atoms with Crippen LogP contribution in [-0.4, -0.2) is 20.0 Å². The summed E-state index contributed by atoms with van der Waals surface area (Å²) in [6.07, 6.45) is 4.99. The van der Waals surface area contributed by atoms with Gasteiger partial charge >= 0.3 is 0 Å². The van der Waals surface area contributed by atoms with Crippen LogP contribution in [0, 0.1) is 0 Å².